The van der Waals surface area contributed by atoms with E-state index in [1.165, 1.54) is 0 Å². The number of carbonyl (C=O) groups excluding carboxylic acids is 1. The quantitative estimate of drug-likeness (QED) is 0.724. The Bertz CT molecular complexity index is 472. The molecule has 5 nitrogen and oxygen atoms in total. The van der Waals surface area contributed by atoms with E-state index in [9.17, 15) is 18.0 Å². The first-order valence-corrected chi connectivity index (χ1v) is 4.91. The van der Waals surface area contributed by atoms with Crippen LogP contribution in [0.15, 0.2) is 0 Å². The highest BCUT2D eigenvalue weighted by Gasteiger charge is 2.36. The molecule has 0 fully saturated rings. The summed E-state index contributed by atoms with van der Waals surface area (Å²) in [4.78, 5) is 17.7. The van der Waals surface area contributed by atoms with Crippen LogP contribution in [-0.4, -0.2) is 15.9 Å². The maximum Gasteiger partial charge on any atom is 0.451 e. The molecule has 0 saturated heterocycles. The Labute approximate surface area is 94.2 Å². The molecule has 2 rings (SSSR count). The first-order valence-electron chi connectivity index (χ1n) is 4.91. The Kier molecular flexibility index (Phi) is 2.64. The van der Waals surface area contributed by atoms with Crippen LogP contribution >= 0.6 is 0 Å². The Hall–Kier alpha value is -1.86. The number of carbonyl (C=O) groups is 1. The van der Waals surface area contributed by atoms with E-state index < -0.39 is 12.0 Å². The van der Waals surface area contributed by atoms with Gasteiger partial charge in [0.15, 0.2) is 0 Å². The molecule has 17 heavy (non-hydrogen) atoms. The number of rotatable bonds is 0. The highest BCUT2D eigenvalue weighted by molar-refractivity contribution is 5.91. The molecular weight excluding hydrogens is 237 g/mol. The molecule has 1 aromatic heterocycles. The second-order valence-electron chi connectivity index (χ2n) is 3.66. The SMILES string of the molecule is Nc1nc(C(F)(F)F)nc2c1CCCC(=O)N2. The lowest BCUT2D eigenvalue weighted by atomic mass is 10.1. The summed E-state index contributed by atoms with van der Waals surface area (Å²) >= 11 is 0. The highest BCUT2D eigenvalue weighted by Crippen LogP contribution is 2.31. The third-order valence-electron chi connectivity index (χ3n) is 2.38. The van der Waals surface area contributed by atoms with Crippen molar-refractivity contribution in [3.05, 3.63) is 11.4 Å². The summed E-state index contributed by atoms with van der Waals surface area (Å²) in [5, 5.41) is 2.31. The number of halogens is 3. The fourth-order valence-corrected chi connectivity index (χ4v) is 1.60. The van der Waals surface area contributed by atoms with Gasteiger partial charge in [-0.2, -0.15) is 13.2 Å². The molecule has 0 atom stereocenters. The maximum atomic E-state index is 12.4. The van der Waals surface area contributed by atoms with Crippen molar-refractivity contribution in [2.45, 2.75) is 25.4 Å². The predicted octanol–water partition coefficient (Wildman–Crippen LogP) is 1.35. The van der Waals surface area contributed by atoms with Gasteiger partial charge in [-0.05, 0) is 12.8 Å². The zero-order chi connectivity index (χ0) is 12.6. The van der Waals surface area contributed by atoms with Gasteiger partial charge in [-0.3, -0.25) is 4.79 Å². The van der Waals surface area contributed by atoms with Gasteiger partial charge in [-0.15, -0.1) is 0 Å². The smallest absolute Gasteiger partial charge is 0.383 e. The van der Waals surface area contributed by atoms with E-state index in [1.807, 2.05) is 0 Å². The van der Waals surface area contributed by atoms with Crippen molar-refractivity contribution in [1.82, 2.24) is 9.97 Å². The molecule has 0 unspecified atom stereocenters. The van der Waals surface area contributed by atoms with Crippen LogP contribution < -0.4 is 11.1 Å². The van der Waals surface area contributed by atoms with Crippen LogP contribution in [0.2, 0.25) is 0 Å². The van der Waals surface area contributed by atoms with Gasteiger partial charge in [0, 0.05) is 12.0 Å². The summed E-state index contributed by atoms with van der Waals surface area (Å²) in [6, 6.07) is 0. The molecule has 1 aliphatic heterocycles. The number of aromatic nitrogens is 2. The largest absolute Gasteiger partial charge is 0.451 e. The van der Waals surface area contributed by atoms with Crippen molar-refractivity contribution in [3.63, 3.8) is 0 Å². The average molecular weight is 246 g/mol. The third-order valence-corrected chi connectivity index (χ3v) is 2.38. The molecule has 0 saturated carbocycles. The minimum absolute atomic E-state index is 0.132. The average Bonchev–Trinajstić information content (AvgIpc) is 2.37. The molecule has 0 bridgehead atoms. The topological polar surface area (TPSA) is 80.9 Å². The van der Waals surface area contributed by atoms with Crippen LogP contribution in [0.25, 0.3) is 0 Å². The van der Waals surface area contributed by atoms with Crippen molar-refractivity contribution in [2.75, 3.05) is 11.1 Å². The van der Waals surface area contributed by atoms with Crippen LogP contribution in [0, 0.1) is 0 Å². The van der Waals surface area contributed by atoms with E-state index in [2.05, 4.69) is 15.3 Å². The van der Waals surface area contributed by atoms with Gasteiger partial charge < -0.3 is 11.1 Å². The molecule has 8 heteroatoms. The summed E-state index contributed by atoms with van der Waals surface area (Å²) < 4.78 is 37.3. The number of nitrogen functional groups attached to an aromatic ring is 1. The molecule has 0 radical (unpaired) electrons. The number of anilines is 2. The van der Waals surface area contributed by atoms with Gasteiger partial charge >= 0.3 is 6.18 Å². The van der Waals surface area contributed by atoms with E-state index >= 15 is 0 Å². The fourth-order valence-electron chi connectivity index (χ4n) is 1.60. The van der Waals surface area contributed by atoms with Gasteiger partial charge in [0.1, 0.15) is 11.6 Å². The van der Waals surface area contributed by atoms with E-state index in [0.717, 1.165) is 0 Å². The molecule has 0 aromatic carbocycles. The van der Waals surface area contributed by atoms with E-state index in [1.54, 1.807) is 0 Å². The van der Waals surface area contributed by atoms with Crippen molar-refractivity contribution in [1.29, 1.82) is 0 Å². The monoisotopic (exact) mass is 246 g/mol. The molecule has 1 amide bonds. The normalized spacial score (nSPS) is 16.1. The Morgan fingerprint density at radius 1 is 1.24 bits per heavy atom. The first-order chi connectivity index (χ1) is 7.88. The number of nitrogens with one attached hydrogen (secondary N) is 1. The lowest BCUT2D eigenvalue weighted by Crippen LogP contribution is -2.18. The number of hydrogen-bond donors (Lipinski definition) is 2. The third kappa shape index (κ3) is 2.29. The number of hydrogen-bond acceptors (Lipinski definition) is 4. The van der Waals surface area contributed by atoms with Crippen molar-refractivity contribution < 1.29 is 18.0 Å². The second-order valence-corrected chi connectivity index (χ2v) is 3.66. The Balaban J connectivity index is 2.52. The van der Waals surface area contributed by atoms with Crippen LogP contribution in [0.1, 0.15) is 24.2 Å². The number of fused-ring (bicyclic) bond motifs is 1. The van der Waals surface area contributed by atoms with Crippen LogP contribution in [-0.2, 0) is 17.4 Å². The number of amides is 1. The number of alkyl halides is 3. The van der Waals surface area contributed by atoms with E-state index in [-0.39, 0.29) is 24.0 Å². The van der Waals surface area contributed by atoms with Crippen LogP contribution in [0.5, 0.6) is 0 Å². The lowest BCUT2D eigenvalue weighted by molar-refractivity contribution is -0.144. The molecule has 3 N–H and O–H groups in total. The molecule has 0 spiro atoms. The molecular formula is C9H9F3N4O. The van der Waals surface area contributed by atoms with Gasteiger partial charge in [0.05, 0.1) is 0 Å². The lowest BCUT2D eigenvalue weighted by Gasteiger charge is -2.11. The molecule has 92 valence electrons. The number of nitrogens with two attached hydrogens (primary N) is 1. The maximum absolute atomic E-state index is 12.4. The zero-order valence-corrected chi connectivity index (χ0v) is 8.64. The van der Waals surface area contributed by atoms with E-state index in [4.69, 9.17) is 5.73 Å². The Morgan fingerprint density at radius 3 is 2.59 bits per heavy atom. The second kappa shape index (κ2) is 3.86. The van der Waals surface area contributed by atoms with Crippen molar-refractivity contribution in [2.24, 2.45) is 0 Å². The first kappa shape index (κ1) is 11.6. The summed E-state index contributed by atoms with van der Waals surface area (Å²) in [5.41, 5.74) is 5.82. The zero-order valence-electron chi connectivity index (χ0n) is 8.64. The summed E-state index contributed by atoms with van der Waals surface area (Å²) in [5.74, 6) is -2.07. The minimum Gasteiger partial charge on any atom is -0.383 e. The molecule has 1 aromatic rings. The van der Waals surface area contributed by atoms with Crippen molar-refractivity contribution >= 4 is 17.5 Å². The predicted molar refractivity (Wildman–Crippen MR) is 53.0 cm³/mol. The molecule has 1 aliphatic rings. The summed E-state index contributed by atoms with van der Waals surface area (Å²) in [7, 11) is 0. The van der Waals surface area contributed by atoms with Crippen LogP contribution in [0.4, 0.5) is 24.8 Å². The fraction of sp³-hybridized carbons (Fsp3) is 0.444. The number of nitrogens with zero attached hydrogens (tertiary/aromatic N) is 2. The molecule has 2 heterocycles. The summed E-state index contributed by atoms with van der Waals surface area (Å²) in [6.45, 7) is 0. The van der Waals surface area contributed by atoms with Gasteiger partial charge in [-0.25, -0.2) is 9.97 Å². The minimum atomic E-state index is -4.68. The van der Waals surface area contributed by atoms with Crippen LogP contribution in [0.3, 0.4) is 0 Å². The van der Waals surface area contributed by atoms with Crippen molar-refractivity contribution in [3.8, 4) is 0 Å². The summed E-state index contributed by atoms with van der Waals surface area (Å²) in [6.07, 6.45) is -3.55. The van der Waals surface area contributed by atoms with Gasteiger partial charge in [0.2, 0.25) is 11.7 Å². The van der Waals surface area contributed by atoms with E-state index in [0.29, 0.717) is 18.4 Å². The molecule has 0 aliphatic carbocycles. The van der Waals surface area contributed by atoms with Gasteiger partial charge in [-0.1, -0.05) is 0 Å². The highest BCUT2D eigenvalue weighted by atomic mass is 19.4. The Morgan fingerprint density at radius 2 is 1.94 bits per heavy atom. The standard InChI is InChI=1S/C9H9F3N4O/c10-9(11,12)8-15-6(13)4-2-1-3-5(17)14-7(4)16-8/h1-3H2,(H3,13,14,15,16,17). The van der Waals surface area contributed by atoms with Gasteiger partial charge in [0.25, 0.3) is 0 Å².